The third kappa shape index (κ3) is 2.26. The highest BCUT2D eigenvalue weighted by Crippen LogP contribution is 2.17. The molecule has 0 spiro atoms. The Labute approximate surface area is 88.2 Å². The lowest BCUT2D eigenvalue weighted by molar-refractivity contribution is 0.111. The summed E-state index contributed by atoms with van der Waals surface area (Å²) in [7, 11) is 0. The molecule has 0 radical (unpaired) electrons. The van der Waals surface area contributed by atoms with Crippen molar-refractivity contribution in [3.8, 4) is 5.88 Å². The molecule has 4 heteroatoms. The van der Waals surface area contributed by atoms with Gasteiger partial charge < -0.3 is 5.11 Å². The lowest BCUT2D eigenvalue weighted by atomic mass is 10.1. The van der Waals surface area contributed by atoms with Gasteiger partial charge in [0.05, 0.1) is 5.56 Å². The highest BCUT2D eigenvalue weighted by molar-refractivity contribution is 5.80. The number of hydrogen-bond donors (Lipinski definition) is 1. The molecular weight excluding hydrogens is 194 g/mol. The van der Waals surface area contributed by atoms with Gasteiger partial charge >= 0.3 is 0 Å². The van der Waals surface area contributed by atoms with E-state index < -0.39 is 0 Å². The molecule has 4 nitrogen and oxygen atoms in total. The van der Waals surface area contributed by atoms with E-state index in [1.165, 1.54) is 10.6 Å². The van der Waals surface area contributed by atoms with E-state index in [0.29, 0.717) is 18.4 Å². The molecule has 0 atom stereocenters. The average Bonchev–Trinajstić information content (AvgIpc) is 2.12. The average molecular weight is 209 g/mol. The Balaban J connectivity index is 3.39. The molecule has 15 heavy (non-hydrogen) atoms. The molecule has 0 fully saturated rings. The quantitative estimate of drug-likeness (QED) is 0.764. The summed E-state index contributed by atoms with van der Waals surface area (Å²) in [5, 5.41) is 9.73. The Morgan fingerprint density at radius 2 is 2.13 bits per heavy atom. The monoisotopic (exact) mass is 209 g/mol. The smallest absolute Gasteiger partial charge is 0.253 e. The summed E-state index contributed by atoms with van der Waals surface area (Å²) in [5.74, 6) is -0.000455. The maximum absolute atomic E-state index is 11.6. The zero-order valence-electron chi connectivity index (χ0n) is 9.15. The van der Waals surface area contributed by atoms with Gasteiger partial charge in [-0.2, -0.15) is 0 Å². The van der Waals surface area contributed by atoms with Crippen molar-refractivity contribution in [2.24, 2.45) is 5.92 Å². The summed E-state index contributed by atoms with van der Waals surface area (Å²) in [6, 6.07) is 1.37. The zero-order valence-corrected chi connectivity index (χ0v) is 9.15. The highest BCUT2D eigenvalue weighted by atomic mass is 16.3. The van der Waals surface area contributed by atoms with Crippen molar-refractivity contribution in [1.82, 2.24) is 4.57 Å². The molecule has 0 aliphatic rings. The summed E-state index contributed by atoms with van der Waals surface area (Å²) in [6.07, 6.45) is 0.570. The van der Waals surface area contributed by atoms with Gasteiger partial charge in [-0.1, -0.05) is 13.8 Å². The van der Waals surface area contributed by atoms with Crippen LogP contribution in [0.5, 0.6) is 5.88 Å². The highest BCUT2D eigenvalue weighted by Gasteiger charge is 2.12. The normalized spacial score (nSPS) is 10.7. The van der Waals surface area contributed by atoms with Gasteiger partial charge in [0.1, 0.15) is 0 Å². The van der Waals surface area contributed by atoms with Crippen LogP contribution in [0.2, 0.25) is 0 Å². The third-order valence-electron chi connectivity index (χ3n) is 2.19. The van der Waals surface area contributed by atoms with E-state index in [1.807, 2.05) is 13.8 Å². The maximum Gasteiger partial charge on any atom is 0.253 e. The summed E-state index contributed by atoms with van der Waals surface area (Å²) >= 11 is 0. The topological polar surface area (TPSA) is 59.3 Å². The Bertz CT molecular complexity index is 432. The van der Waals surface area contributed by atoms with Crippen molar-refractivity contribution in [2.75, 3.05) is 0 Å². The molecule has 0 saturated carbocycles. The van der Waals surface area contributed by atoms with Crippen molar-refractivity contribution in [1.29, 1.82) is 0 Å². The predicted molar refractivity (Wildman–Crippen MR) is 57.3 cm³/mol. The van der Waals surface area contributed by atoms with Crippen LogP contribution in [-0.4, -0.2) is 16.0 Å². The first kappa shape index (κ1) is 11.5. The number of pyridine rings is 1. The number of aryl methyl sites for hydroxylation is 1. The number of rotatable bonds is 3. The van der Waals surface area contributed by atoms with Gasteiger partial charge in [-0.25, -0.2) is 0 Å². The van der Waals surface area contributed by atoms with Crippen molar-refractivity contribution < 1.29 is 9.90 Å². The standard InChI is InChI=1S/C11H15NO3/c1-7(2)5-12-10(14)4-8(3)9(6-13)11(12)15/h4,6-7,15H,5H2,1-3H3. The Morgan fingerprint density at radius 3 is 2.60 bits per heavy atom. The summed E-state index contributed by atoms with van der Waals surface area (Å²) in [4.78, 5) is 22.3. The number of nitrogens with zero attached hydrogens (tertiary/aromatic N) is 1. The molecule has 1 aromatic heterocycles. The van der Waals surface area contributed by atoms with Crippen LogP contribution in [0.3, 0.4) is 0 Å². The molecule has 1 aromatic rings. The second-order valence-electron chi connectivity index (χ2n) is 4.03. The van der Waals surface area contributed by atoms with E-state index in [0.717, 1.165) is 0 Å². The van der Waals surface area contributed by atoms with Gasteiger partial charge in [0.2, 0.25) is 5.88 Å². The lowest BCUT2D eigenvalue weighted by Gasteiger charge is -2.13. The Hall–Kier alpha value is -1.58. The van der Waals surface area contributed by atoms with Crippen molar-refractivity contribution in [3.63, 3.8) is 0 Å². The molecular formula is C11H15NO3. The molecule has 0 aliphatic heterocycles. The second kappa shape index (κ2) is 4.29. The fourth-order valence-corrected chi connectivity index (χ4v) is 1.45. The van der Waals surface area contributed by atoms with E-state index in [9.17, 15) is 14.7 Å². The number of carbonyl (C=O) groups excluding carboxylic acids is 1. The van der Waals surface area contributed by atoms with Gasteiger partial charge in [0, 0.05) is 12.6 Å². The van der Waals surface area contributed by atoms with Crippen LogP contribution >= 0.6 is 0 Å². The molecule has 1 N–H and O–H groups in total. The minimum atomic E-state index is -0.274. The van der Waals surface area contributed by atoms with E-state index in [4.69, 9.17) is 0 Å². The van der Waals surface area contributed by atoms with E-state index in [-0.39, 0.29) is 22.9 Å². The molecule has 1 rings (SSSR count). The minimum absolute atomic E-state index is 0.190. The van der Waals surface area contributed by atoms with Crippen molar-refractivity contribution in [3.05, 3.63) is 27.5 Å². The minimum Gasteiger partial charge on any atom is -0.494 e. The molecule has 0 amide bonds. The second-order valence-corrected chi connectivity index (χ2v) is 4.03. The number of hydrogen-bond acceptors (Lipinski definition) is 3. The molecule has 82 valence electrons. The molecule has 0 aromatic carbocycles. The summed E-state index contributed by atoms with van der Waals surface area (Å²) in [6.45, 7) is 5.91. The van der Waals surface area contributed by atoms with Crippen LogP contribution in [0.4, 0.5) is 0 Å². The maximum atomic E-state index is 11.6. The fourth-order valence-electron chi connectivity index (χ4n) is 1.45. The van der Waals surface area contributed by atoms with E-state index in [2.05, 4.69) is 0 Å². The van der Waals surface area contributed by atoms with E-state index in [1.54, 1.807) is 6.92 Å². The number of aromatic hydroxyl groups is 1. The van der Waals surface area contributed by atoms with Gasteiger partial charge in [0.25, 0.3) is 5.56 Å². The van der Waals surface area contributed by atoms with Crippen LogP contribution in [-0.2, 0) is 6.54 Å². The Morgan fingerprint density at radius 1 is 1.53 bits per heavy atom. The molecule has 0 unspecified atom stereocenters. The van der Waals surface area contributed by atoms with Gasteiger partial charge in [-0.05, 0) is 18.4 Å². The van der Waals surface area contributed by atoms with Crippen molar-refractivity contribution in [2.45, 2.75) is 27.3 Å². The lowest BCUT2D eigenvalue weighted by Crippen LogP contribution is -2.23. The summed E-state index contributed by atoms with van der Waals surface area (Å²) < 4.78 is 1.22. The molecule has 0 saturated heterocycles. The Kier molecular flexibility index (Phi) is 3.29. The third-order valence-corrected chi connectivity index (χ3v) is 2.19. The van der Waals surface area contributed by atoms with Gasteiger partial charge in [-0.3, -0.25) is 14.2 Å². The van der Waals surface area contributed by atoms with Crippen LogP contribution < -0.4 is 5.56 Å². The van der Waals surface area contributed by atoms with Gasteiger partial charge in [-0.15, -0.1) is 0 Å². The largest absolute Gasteiger partial charge is 0.494 e. The van der Waals surface area contributed by atoms with Crippen LogP contribution in [0.1, 0.15) is 29.8 Å². The van der Waals surface area contributed by atoms with Crippen LogP contribution in [0.15, 0.2) is 10.9 Å². The molecule has 1 heterocycles. The first-order valence-electron chi connectivity index (χ1n) is 4.86. The van der Waals surface area contributed by atoms with Crippen molar-refractivity contribution >= 4 is 6.29 Å². The predicted octanol–water partition coefficient (Wildman–Crippen LogP) is 1.33. The SMILES string of the molecule is Cc1cc(=O)n(CC(C)C)c(O)c1C=O. The van der Waals surface area contributed by atoms with E-state index >= 15 is 0 Å². The van der Waals surface area contributed by atoms with Crippen LogP contribution in [0, 0.1) is 12.8 Å². The van der Waals surface area contributed by atoms with Gasteiger partial charge in [0.15, 0.2) is 6.29 Å². The first-order chi connectivity index (χ1) is 6.97. The zero-order chi connectivity index (χ0) is 11.6. The summed E-state index contributed by atoms with van der Waals surface area (Å²) in [5.41, 5.74) is 0.423. The first-order valence-corrected chi connectivity index (χ1v) is 4.86. The van der Waals surface area contributed by atoms with Crippen LogP contribution in [0.25, 0.3) is 0 Å². The fraction of sp³-hybridized carbons (Fsp3) is 0.455. The number of carbonyl (C=O) groups is 1. The number of aromatic nitrogens is 1. The molecule has 0 bridgehead atoms. The molecule has 0 aliphatic carbocycles. The number of aldehydes is 1.